The Hall–Kier alpha value is -2.66. The number of fused-ring (bicyclic) bond motifs is 4. The molecule has 10 heteroatoms. The molecule has 0 unspecified atom stereocenters. The van der Waals surface area contributed by atoms with E-state index < -0.39 is 0 Å². The van der Waals surface area contributed by atoms with Gasteiger partial charge in [-0.3, -0.25) is 9.59 Å². The molecule has 3 heterocycles. The molecular weight excluding hydrogens is 390 g/mol. The number of carbonyl (C=O) groups excluding carboxylic acids is 2. The van der Waals surface area contributed by atoms with Crippen molar-refractivity contribution in [3.63, 3.8) is 0 Å². The van der Waals surface area contributed by atoms with Crippen LogP contribution in [0.1, 0.15) is 32.6 Å². The number of amides is 2. The van der Waals surface area contributed by atoms with Crippen LogP contribution in [0.5, 0.6) is 0 Å². The minimum Gasteiger partial charge on any atom is -0.453 e. The Balaban J connectivity index is 1.52. The van der Waals surface area contributed by atoms with Gasteiger partial charge in [-0.05, 0) is 24.3 Å². The van der Waals surface area contributed by atoms with Gasteiger partial charge in [0.15, 0.2) is 11.5 Å². The summed E-state index contributed by atoms with van der Waals surface area (Å²) in [5.74, 6) is 1.04. The van der Waals surface area contributed by atoms with Crippen molar-refractivity contribution in [3.8, 4) is 0 Å². The van der Waals surface area contributed by atoms with Crippen LogP contribution >= 0.6 is 0 Å². The lowest BCUT2D eigenvalue weighted by molar-refractivity contribution is 0.0752. The normalized spacial score (nSPS) is 18.8. The van der Waals surface area contributed by atoms with Crippen LogP contribution in [0.15, 0.2) is 33.1 Å². The summed E-state index contributed by atoms with van der Waals surface area (Å²) in [7, 11) is 0. The van der Waals surface area contributed by atoms with Gasteiger partial charge < -0.3 is 40.2 Å². The molecular formula is C20H29N5O5. The quantitative estimate of drug-likeness (QED) is 0.398. The van der Waals surface area contributed by atoms with Crippen molar-refractivity contribution in [2.45, 2.75) is 13.2 Å². The summed E-state index contributed by atoms with van der Waals surface area (Å²) < 4.78 is 16.6. The molecule has 4 bridgehead atoms. The second kappa shape index (κ2) is 12.1. The minimum absolute atomic E-state index is 0.190. The molecule has 5 N–H and O–H groups in total. The fraction of sp³-hybridized carbons (Fsp3) is 0.500. The Labute approximate surface area is 175 Å². The summed E-state index contributed by atoms with van der Waals surface area (Å²) in [6.45, 7) is 6.02. The van der Waals surface area contributed by atoms with Crippen LogP contribution in [0.4, 0.5) is 0 Å². The smallest absolute Gasteiger partial charge is 0.287 e. The number of carbonyl (C=O) groups is 2. The third-order valence-corrected chi connectivity index (χ3v) is 4.39. The molecule has 0 fully saturated rings. The van der Waals surface area contributed by atoms with E-state index in [2.05, 4.69) is 26.6 Å². The lowest BCUT2D eigenvalue weighted by Crippen LogP contribution is -2.37. The Kier molecular flexibility index (Phi) is 8.91. The lowest BCUT2D eigenvalue weighted by Gasteiger charge is -2.09. The van der Waals surface area contributed by atoms with Crippen molar-refractivity contribution in [3.05, 3.63) is 47.3 Å². The van der Waals surface area contributed by atoms with Gasteiger partial charge in [-0.1, -0.05) is 0 Å². The maximum Gasteiger partial charge on any atom is 0.287 e. The predicted molar refractivity (Wildman–Crippen MR) is 109 cm³/mol. The van der Waals surface area contributed by atoms with Crippen molar-refractivity contribution in [2.24, 2.45) is 0 Å². The van der Waals surface area contributed by atoms with Crippen LogP contribution < -0.4 is 26.6 Å². The number of hydrogen-bond donors (Lipinski definition) is 5. The molecule has 0 radical (unpaired) electrons. The van der Waals surface area contributed by atoms with Crippen LogP contribution in [-0.2, 0) is 18.0 Å². The Morgan fingerprint density at radius 2 is 0.967 bits per heavy atom. The first-order chi connectivity index (χ1) is 14.7. The van der Waals surface area contributed by atoms with E-state index >= 15 is 0 Å². The molecule has 1 aliphatic heterocycles. The highest BCUT2D eigenvalue weighted by Crippen LogP contribution is 2.13. The van der Waals surface area contributed by atoms with Crippen molar-refractivity contribution < 1.29 is 23.2 Å². The monoisotopic (exact) mass is 419 g/mol. The van der Waals surface area contributed by atoms with E-state index in [1.165, 1.54) is 0 Å². The highest BCUT2D eigenvalue weighted by molar-refractivity contribution is 5.91. The summed E-state index contributed by atoms with van der Waals surface area (Å²) in [5, 5.41) is 15.5. The zero-order valence-corrected chi connectivity index (χ0v) is 16.9. The summed E-state index contributed by atoms with van der Waals surface area (Å²) in [5.41, 5.74) is 0. The Morgan fingerprint density at radius 1 is 0.567 bits per heavy atom. The zero-order chi connectivity index (χ0) is 21.0. The maximum atomic E-state index is 12.1. The van der Waals surface area contributed by atoms with Gasteiger partial charge in [0.2, 0.25) is 0 Å². The van der Waals surface area contributed by atoms with E-state index in [1.54, 1.807) is 24.3 Å². The van der Waals surface area contributed by atoms with Gasteiger partial charge in [-0.15, -0.1) is 0 Å². The number of hydrogen-bond acceptors (Lipinski definition) is 8. The topological polar surface area (TPSA) is 130 Å². The van der Waals surface area contributed by atoms with Crippen molar-refractivity contribution in [1.29, 1.82) is 0 Å². The first kappa shape index (κ1) is 22.0. The standard InChI is InChI=1S/C20H29N5O5/c26-19-17-3-1-15(29-17)13-28-14-16-2-4-18(30-16)20(27)25-12-10-23-8-6-21-5-7-22-9-11-24-19/h1-4,21-23H,5-14H2,(H,24,26)(H,25,27). The zero-order valence-electron chi connectivity index (χ0n) is 16.9. The van der Waals surface area contributed by atoms with Crippen LogP contribution in [-0.4, -0.2) is 64.2 Å². The lowest BCUT2D eigenvalue weighted by atomic mass is 10.4. The van der Waals surface area contributed by atoms with Crippen LogP contribution in [0, 0.1) is 0 Å². The Morgan fingerprint density at radius 3 is 1.40 bits per heavy atom. The van der Waals surface area contributed by atoms with Crippen LogP contribution in [0.25, 0.3) is 0 Å². The molecule has 0 aromatic carbocycles. The molecule has 2 aromatic heterocycles. The third-order valence-electron chi connectivity index (χ3n) is 4.39. The van der Waals surface area contributed by atoms with E-state index in [4.69, 9.17) is 13.6 Å². The summed E-state index contributed by atoms with van der Waals surface area (Å²) in [6.07, 6.45) is 0. The highest BCUT2D eigenvalue weighted by atomic mass is 16.5. The van der Waals surface area contributed by atoms with Crippen LogP contribution in [0.3, 0.4) is 0 Å². The van der Waals surface area contributed by atoms with Gasteiger partial charge in [-0.2, -0.15) is 0 Å². The molecule has 164 valence electrons. The predicted octanol–water partition coefficient (Wildman–Crippen LogP) is -0.169. The number of rotatable bonds is 0. The fourth-order valence-electron chi connectivity index (χ4n) is 2.84. The maximum absolute atomic E-state index is 12.1. The van der Waals surface area contributed by atoms with E-state index in [9.17, 15) is 9.59 Å². The number of ether oxygens (including phenoxy) is 1. The van der Waals surface area contributed by atoms with Crippen molar-refractivity contribution in [2.75, 3.05) is 52.4 Å². The van der Waals surface area contributed by atoms with Crippen molar-refractivity contribution >= 4 is 11.8 Å². The average molecular weight is 419 g/mol. The molecule has 2 aromatic rings. The average Bonchev–Trinajstić information content (AvgIpc) is 3.40. The SMILES string of the molecule is O=C1NCCNCCNCCNCCNC(=O)c2ccc(o2)COCc2ccc1o2. The third kappa shape index (κ3) is 7.30. The van der Waals surface area contributed by atoms with E-state index in [1.807, 2.05) is 0 Å². The number of furan rings is 2. The largest absolute Gasteiger partial charge is 0.453 e. The first-order valence-corrected chi connectivity index (χ1v) is 10.2. The highest BCUT2D eigenvalue weighted by Gasteiger charge is 2.13. The molecule has 2 amide bonds. The van der Waals surface area contributed by atoms with E-state index in [-0.39, 0.29) is 36.5 Å². The van der Waals surface area contributed by atoms with E-state index in [0.717, 1.165) is 26.2 Å². The molecule has 0 aliphatic carbocycles. The number of nitrogens with one attached hydrogen (secondary N) is 5. The molecule has 1 aliphatic rings. The van der Waals surface area contributed by atoms with Crippen LogP contribution in [0.2, 0.25) is 0 Å². The molecule has 3 rings (SSSR count). The van der Waals surface area contributed by atoms with Gasteiger partial charge >= 0.3 is 0 Å². The van der Waals surface area contributed by atoms with Crippen molar-refractivity contribution in [1.82, 2.24) is 26.6 Å². The molecule has 0 saturated heterocycles. The molecule has 0 saturated carbocycles. The van der Waals surface area contributed by atoms with Gasteiger partial charge in [0.05, 0.1) is 0 Å². The molecule has 0 spiro atoms. The van der Waals surface area contributed by atoms with Gasteiger partial charge in [0, 0.05) is 52.4 Å². The molecule has 10 nitrogen and oxygen atoms in total. The minimum atomic E-state index is -0.261. The fourth-order valence-corrected chi connectivity index (χ4v) is 2.84. The summed E-state index contributed by atoms with van der Waals surface area (Å²) in [6, 6.07) is 6.65. The second-order valence-electron chi connectivity index (χ2n) is 6.79. The van der Waals surface area contributed by atoms with E-state index in [0.29, 0.717) is 37.7 Å². The van der Waals surface area contributed by atoms with Gasteiger partial charge in [0.25, 0.3) is 11.8 Å². The first-order valence-electron chi connectivity index (χ1n) is 10.2. The summed E-state index contributed by atoms with van der Waals surface area (Å²) in [4.78, 5) is 24.2. The van der Waals surface area contributed by atoms with Gasteiger partial charge in [-0.25, -0.2) is 0 Å². The van der Waals surface area contributed by atoms with Gasteiger partial charge in [0.1, 0.15) is 24.7 Å². The molecule has 30 heavy (non-hydrogen) atoms. The Bertz CT molecular complexity index is 739. The molecule has 0 atom stereocenters. The second-order valence-corrected chi connectivity index (χ2v) is 6.79. The summed E-state index contributed by atoms with van der Waals surface area (Å²) >= 11 is 0.